The van der Waals surface area contributed by atoms with Crippen molar-refractivity contribution in [3.63, 3.8) is 0 Å². The van der Waals surface area contributed by atoms with Crippen LogP contribution < -0.4 is 0 Å². The van der Waals surface area contributed by atoms with E-state index in [-0.39, 0.29) is 29.4 Å². The predicted molar refractivity (Wildman–Crippen MR) is 196 cm³/mol. The summed E-state index contributed by atoms with van der Waals surface area (Å²) in [5.41, 5.74) is -0.00444. The van der Waals surface area contributed by atoms with Gasteiger partial charge in [0.15, 0.2) is 0 Å². The number of methoxy groups -OCH3 is 4. The fourth-order valence-corrected chi connectivity index (χ4v) is 10.8. The minimum atomic E-state index is -0.642. The Labute approximate surface area is 312 Å². The third-order valence-electron chi connectivity index (χ3n) is 7.14. The highest BCUT2D eigenvalue weighted by Gasteiger charge is 2.41. The van der Waals surface area contributed by atoms with E-state index in [0.29, 0.717) is 85.1 Å². The van der Waals surface area contributed by atoms with Gasteiger partial charge in [-0.3, -0.25) is 9.59 Å². The Morgan fingerprint density at radius 2 is 1.26 bits per heavy atom. The van der Waals surface area contributed by atoms with Crippen molar-refractivity contribution in [2.24, 2.45) is 10.8 Å². The van der Waals surface area contributed by atoms with Crippen molar-refractivity contribution in [1.82, 2.24) is 0 Å². The van der Waals surface area contributed by atoms with Crippen molar-refractivity contribution >= 4 is 67.4 Å². The van der Waals surface area contributed by atoms with Crippen LogP contribution in [0.3, 0.4) is 0 Å². The van der Waals surface area contributed by atoms with Crippen LogP contribution in [0.25, 0.3) is 0 Å². The molecule has 4 aliphatic rings. The average molecular weight is 793 g/mol. The van der Waals surface area contributed by atoms with Gasteiger partial charge in [0.25, 0.3) is 0 Å². The Hall–Kier alpha value is -1.28. The molecule has 292 valence electrons. The first kappa shape index (κ1) is 46.7. The molecule has 0 radical (unpaired) electrons. The maximum Gasteiger partial charge on any atom is 0.508 e. The zero-order valence-electron chi connectivity index (χ0n) is 29.9. The Kier molecular flexibility index (Phi) is 28.2. The molecule has 4 heterocycles. The third kappa shape index (κ3) is 23.3. The maximum absolute atomic E-state index is 11.6. The molecule has 0 aliphatic carbocycles. The second-order valence-electron chi connectivity index (χ2n) is 11.7. The average Bonchev–Trinajstić information content (AvgIpc) is 3.72. The number of esters is 2. The highest BCUT2D eigenvalue weighted by molar-refractivity contribution is 8.77. The van der Waals surface area contributed by atoms with Gasteiger partial charge in [-0.2, -0.15) is 0 Å². The molecule has 14 nitrogen and oxygen atoms in total. The van der Waals surface area contributed by atoms with E-state index in [1.165, 1.54) is 0 Å². The summed E-state index contributed by atoms with van der Waals surface area (Å²) in [6.07, 6.45) is 5.21. The molecule has 4 aliphatic heterocycles. The van der Waals surface area contributed by atoms with Crippen LogP contribution >= 0.6 is 43.2 Å². The van der Waals surface area contributed by atoms with Gasteiger partial charge in [-0.05, 0) is 38.5 Å². The summed E-state index contributed by atoms with van der Waals surface area (Å²) in [5, 5.41) is 0. The van der Waals surface area contributed by atoms with E-state index in [9.17, 15) is 19.2 Å². The Bertz CT molecular complexity index is 891. The molecule has 0 amide bonds. The van der Waals surface area contributed by atoms with Crippen LogP contribution in [0.15, 0.2) is 0 Å². The van der Waals surface area contributed by atoms with Gasteiger partial charge in [0, 0.05) is 69.7 Å². The number of rotatable bonds is 16. The number of unbranched alkanes of at least 4 members (excludes halogenated alkanes) is 2. The molecule has 4 rings (SSSR count). The fourth-order valence-electron chi connectivity index (χ4n) is 4.18. The van der Waals surface area contributed by atoms with Gasteiger partial charge >= 0.3 is 24.2 Å². The molecule has 0 N–H and O–H groups in total. The Morgan fingerprint density at radius 1 is 0.640 bits per heavy atom. The molecule has 0 saturated carbocycles. The van der Waals surface area contributed by atoms with Gasteiger partial charge in [0.2, 0.25) is 0 Å². The highest BCUT2D eigenvalue weighted by atomic mass is 33.1. The first-order valence-corrected chi connectivity index (χ1v) is 21.6. The molecule has 18 heteroatoms. The van der Waals surface area contributed by atoms with Crippen LogP contribution in [-0.4, -0.2) is 142 Å². The van der Waals surface area contributed by atoms with Crippen molar-refractivity contribution in [2.45, 2.75) is 51.4 Å². The largest absolute Gasteiger partial charge is 0.508 e. The van der Waals surface area contributed by atoms with Crippen LogP contribution in [0.2, 0.25) is 0 Å². The van der Waals surface area contributed by atoms with E-state index in [1.54, 1.807) is 50.0 Å². The van der Waals surface area contributed by atoms with Crippen molar-refractivity contribution in [3.8, 4) is 0 Å². The van der Waals surface area contributed by atoms with Crippen LogP contribution in [-0.2, 0) is 57.0 Å². The summed E-state index contributed by atoms with van der Waals surface area (Å²) in [4.78, 5) is 44.0. The lowest BCUT2D eigenvalue weighted by molar-refractivity contribution is -0.145. The van der Waals surface area contributed by atoms with E-state index in [1.807, 2.05) is 21.6 Å². The van der Waals surface area contributed by atoms with Gasteiger partial charge < -0.3 is 47.4 Å². The molecule has 0 bridgehead atoms. The van der Waals surface area contributed by atoms with Crippen molar-refractivity contribution < 1.29 is 66.5 Å². The Morgan fingerprint density at radius 3 is 1.88 bits per heavy atom. The molecule has 1 spiro atoms. The molecule has 0 aromatic carbocycles. The lowest BCUT2D eigenvalue weighted by Crippen LogP contribution is -2.41. The standard InChI is InChI=1S/C16H28O7S2.C6H8O3S2.C6H10O2.C4H10O2/c1-19-8-9-21-14(17)6-4-3-5-7-22-15(18)23-11-16(10-20-2)12-24-25-13-16;7-5-8-1-6(2-9-5)3-10-11-4-6;7-6-4-2-1-3-5-8-6;1-5-3-4-6-2/h3-13H2,1-2H3;1-4H2;1-5H2;3-4H2,1-2H3. The summed E-state index contributed by atoms with van der Waals surface area (Å²) in [6, 6.07) is 0. The van der Waals surface area contributed by atoms with Gasteiger partial charge in [0.05, 0.1) is 45.1 Å². The normalized spacial score (nSPS) is 18.6. The lowest BCUT2D eigenvalue weighted by Gasteiger charge is -2.29. The second-order valence-corrected chi connectivity index (χ2v) is 16.7. The third-order valence-corrected chi connectivity index (χ3v) is 12.8. The number of cyclic esters (lactones) is 3. The quantitative estimate of drug-likeness (QED) is 0.0793. The monoisotopic (exact) mass is 792 g/mol. The summed E-state index contributed by atoms with van der Waals surface area (Å²) in [6.45, 7) is 4.95. The van der Waals surface area contributed by atoms with E-state index < -0.39 is 12.3 Å². The predicted octanol–water partition coefficient (Wildman–Crippen LogP) is 5.83. The molecule has 0 atom stereocenters. The van der Waals surface area contributed by atoms with Gasteiger partial charge in [-0.1, -0.05) is 43.2 Å². The fraction of sp³-hybridized carbons (Fsp3) is 0.875. The SMILES string of the molecule is COCCOC.COCCOC(=O)CCCCCOC(=O)OCC1(COC)CSSC1.O=C1CCCCCO1.O=C1OCC2(CO1)CSSC2. The molecule has 0 aromatic rings. The van der Waals surface area contributed by atoms with E-state index in [0.717, 1.165) is 48.7 Å². The number of ether oxygens (including phenoxy) is 10. The molecule has 4 fully saturated rings. The van der Waals surface area contributed by atoms with Gasteiger partial charge in [0.1, 0.15) is 26.4 Å². The minimum absolute atomic E-state index is 0.0255. The van der Waals surface area contributed by atoms with E-state index >= 15 is 0 Å². The second kappa shape index (κ2) is 30.2. The summed E-state index contributed by atoms with van der Waals surface area (Å²) >= 11 is 0. The minimum Gasteiger partial charge on any atom is -0.466 e. The van der Waals surface area contributed by atoms with E-state index in [2.05, 4.69) is 9.47 Å². The first-order chi connectivity index (χ1) is 24.2. The summed E-state index contributed by atoms with van der Waals surface area (Å²) in [7, 11) is 13.7. The topological polar surface area (TPSA) is 161 Å². The summed E-state index contributed by atoms with van der Waals surface area (Å²) < 4.78 is 49.0. The van der Waals surface area contributed by atoms with Gasteiger partial charge in [-0.15, -0.1) is 0 Å². The van der Waals surface area contributed by atoms with Crippen LogP contribution in [0.4, 0.5) is 9.59 Å². The molecule has 0 unspecified atom stereocenters. The maximum atomic E-state index is 11.6. The zero-order valence-corrected chi connectivity index (χ0v) is 33.2. The lowest BCUT2D eigenvalue weighted by atomic mass is 9.95. The first-order valence-electron chi connectivity index (χ1n) is 16.6. The number of hydrogen-bond donors (Lipinski definition) is 0. The van der Waals surface area contributed by atoms with Crippen LogP contribution in [0.5, 0.6) is 0 Å². The zero-order chi connectivity index (χ0) is 36.8. The number of hydrogen-bond acceptors (Lipinski definition) is 18. The van der Waals surface area contributed by atoms with Gasteiger partial charge in [-0.25, -0.2) is 9.59 Å². The number of carbonyl (C=O) groups is 4. The molecule has 50 heavy (non-hydrogen) atoms. The molecular weight excluding hydrogens is 737 g/mol. The van der Waals surface area contributed by atoms with Crippen molar-refractivity contribution in [3.05, 3.63) is 0 Å². The van der Waals surface area contributed by atoms with Crippen LogP contribution in [0, 0.1) is 10.8 Å². The Balaban J connectivity index is 0.000000403. The molecule has 0 aromatic heterocycles. The smallest absolute Gasteiger partial charge is 0.466 e. The molecule has 4 saturated heterocycles. The van der Waals surface area contributed by atoms with Crippen molar-refractivity contribution in [2.75, 3.05) is 118 Å². The number of carbonyl (C=O) groups excluding carboxylic acids is 4. The summed E-state index contributed by atoms with van der Waals surface area (Å²) in [5.74, 6) is 3.62. The molecular formula is C32H56O14S4. The highest BCUT2D eigenvalue weighted by Crippen LogP contribution is 2.45. The van der Waals surface area contributed by atoms with Crippen molar-refractivity contribution in [1.29, 1.82) is 0 Å². The van der Waals surface area contributed by atoms with E-state index in [4.69, 9.17) is 37.9 Å². The van der Waals surface area contributed by atoms with Crippen LogP contribution in [0.1, 0.15) is 51.4 Å².